The maximum absolute atomic E-state index is 8.35. The fourth-order valence-electron chi connectivity index (χ4n) is 1.37. The van der Waals surface area contributed by atoms with Gasteiger partial charge in [-0.1, -0.05) is 30.3 Å². The molecule has 2 N–H and O–H groups in total. The van der Waals surface area contributed by atoms with Crippen LogP contribution < -0.4 is 10.2 Å². The second-order valence-electron chi connectivity index (χ2n) is 3.52. The molecule has 1 aromatic heterocycles. The first-order valence-corrected chi connectivity index (χ1v) is 5.43. The maximum atomic E-state index is 8.35. The maximum Gasteiger partial charge on any atom is 0.213 e. The lowest BCUT2D eigenvalue weighted by molar-refractivity contribution is 0.240. The Bertz CT molecular complexity index is 497. The van der Waals surface area contributed by atoms with Gasteiger partial charge in [0.05, 0.1) is 11.9 Å². The molecule has 0 aliphatic heterocycles. The van der Waals surface area contributed by atoms with Crippen LogP contribution in [0.3, 0.4) is 0 Å². The van der Waals surface area contributed by atoms with Crippen molar-refractivity contribution in [2.45, 2.75) is 6.61 Å². The standard InChI is InChI=1S/C13H13N3O2/c17-16-10-15-12-6-7-13(14-8-12)18-9-11-4-2-1-3-5-11/h1-8,10,17H,9H2,(H,15,16). The first-order chi connectivity index (χ1) is 8.88. The zero-order chi connectivity index (χ0) is 12.6. The third-order valence-corrected chi connectivity index (χ3v) is 2.22. The zero-order valence-electron chi connectivity index (χ0n) is 9.65. The summed E-state index contributed by atoms with van der Waals surface area (Å²) in [5.41, 5.74) is 3.54. The molecule has 0 atom stereocenters. The van der Waals surface area contributed by atoms with E-state index in [0.29, 0.717) is 18.2 Å². The number of aromatic nitrogens is 1. The number of benzene rings is 1. The van der Waals surface area contributed by atoms with Gasteiger partial charge in [0.2, 0.25) is 5.88 Å². The fourth-order valence-corrected chi connectivity index (χ4v) is 1.37. The van der Waals surface area contributed by atoms with Gasteiger partial charge < -0.3 is 4.74 Å². The normalized spacial score (nSPS) is 10.5. The van der Waals surface area contributed by atoms with Crippen LogP contribution >= 0.6 is 0 Å². The van der Waals surface area contributed by atoms with E-state index in [1.165, 1.54) is 6.34 Å². The third-order valence-electron chi connectivity index (χ3n) is 2.22. The van der Waals surface area contributed by atoms with Crippen LogP contribution in [0.1, 0.15) is 5.56 Å². The SMILES string of the molecule is ONC=Nc1ccc(OCc2ccccc2)nc1. The third kappa shape index (κ3) is 3.57. The summed E-state index contributed by atoms with van der Waals surface area (Å²) in [4.78, 5) is 7.98. The highest BCUT2D eigenvalue weighted by Crippen LogP contribution is 2.14. The van der Waals surface area contributed by atoms with Crippen molar-refractivity contribution >= 4 is 12.0 Å². The Morgan fingerprint density at radius 1 is 1.22 bits per heavy atom. The summed E-state index contributed by atoms with van der Waals surface area (Å²) in [5.74, 6) is 0.537. The van der Waals surface area contributed by atoms with Crippen molar-refractivity contribution in [1.82, 2.24) is 10.5 Å². The van der Waals surface area contributed by atoms with E-state index in [1.54, 1.807) is 18.3 Å². The van der Waals surface area contributed by atoms with Crippen LogP contribution in [-0.4, -0.2) is 16.5 Å². The highest BCUT2D eigenvalue weighted by molar-refractivity contribution is 5.59. The van der Waals surface area contributed by atoms with Gasteiger partial charge in [0.15, 0.2) is 0 Å². The van der Waals surface area contributed by atoms with Gasteiger partial charge in [-0.25, -0.2) is 9.98 Å². The summed E-state index contributed by atoms with van der Waals surface area (Å²) in [5, 5.41) is 8.35. The smallest absolute Gasteiger partial charge is 0.213 e. The first kappa shape index (κ1) is 12.1. The van der Waals surface area contributed by atoms with E-state index in [4.69, 9.17) is 9.94 Å². The molecule has 0 saturated heterocycles. The van der Waals surface area contributed by atoms with Crippen molar-refractivity contribution in [2.75, 3.05) is 0 Å². The van der Waals surface area contributed by atoms with Crippen molar-refractivity contribution in [1.29, 1.82) is 0 Å². The van der Waals surface area contributed by atoms with Crippen LogP contribution in [-0.2, 0) is 6.61 Å². The van der Waals surface area contributed by atoms with Gasteiger partial charge in [0.1, 0.15) is 12.9 Å². The molecular formula is C13H13N3O2. The number of pyridine rings is 1. The molecule has 92 valence electrons. The molecule has 0 aliphatic rings. The van der Waals surface area contributed by atoms with Crippen molar-refractivity contribution in [2.24, 2.45) is 4.99 Å². The molecule has 0 aliphatic carbocycles. The predicted molar refractivity (Wildman–Crippen MR) is 68.1 cm³/mol. The van der Waals surface area contributed by atoms with Crippen LogP contribution in [0.2, 0.25) is 0 Å². The summed E-state index contributed by atoms with van der Waals surface area (Å²) in [6.45, 7) is 0.481. The zero-order valence-corrected chi connectivity index (χ0v) is 9.65. The summed E-state index contributed by atoms with van der Waals surface area (Å²) in [6.07, 6.45) is 2.73. The summed E-state index contributed by atoms with van der Waals surface area (Å²) in [6, 6.07) is 13.4. The molecule has 0 saturated carbocycles. The Morgan fingerprint density at radius 2 is 2.06 bits per heavy atom. The molecule has 18 heavy (non-hydrogen) atoms. The number of hydrogen-bond acceptors (Lipinski definition) is 4. The minimum Gasteiger partial charge on any atom is -0.473 e. The largest absolute Gasteiger partial charge is 0.473 e. The number of ether oxygens (including phenoxy) is 1. The highest BCUT2D eigenvalue weighted by Gasteiger charge is 1.97. The molecule has 0 amide bonds. The van der Waals surface area contributed by atoms with E-state index in [-0.39, 0.29) is 0 Å². The van der Waals surface area contributed by atoms with E-state index < -0.39 is 0 Å². The number of nitrogens with one attached hydrogen (secondary N) is 1. The lowest BCUT2D eigenvalue weighted by Gasteiger charge is -2.04. The molecule has 0 spiro atoms. The van der Waals surface area contributed by atoms with E-state index >= 15 is 0 Å². The minimum atomic E-state index is 0.481. The number of rotatable bonds is 5. The van der Waals surface area contributed by atoms with Crippen LogP contribution in [0.5, 0.6) is 5.88 Å². The number of hydroxylamine groups is 1. The molecule has 1 aromatic carbocycles. The van der Waals surface area contributed by atoms with Crippen molar-refractivity contribution < 1.29 is 9.94 Å². The Morgan fingerprint density at radius 3 is 2.72 bits per heavy atom. The molecule has 5 nitrogen and oxygen atoms in total. The molecular weight excluding hydrogens is 230 g/mol. The molecule has 0 radical (unpaired) electrons. The van der Waals surface area contributed by atoms with Gasteiger partial charge in [-0.05, 0) is 11.6 Å². The molecule has 2 aromatic rings. The van der Waals surface area contributed by atoms with E-state index in [2.05, 4.69) is 9.98 Å². The lowest BCUT2D eigenvalue weighted by atomic mass is 10.2. The van der Waals surface area contributed by atoms with Gasteiger partial charge >= 0.3 is 0 Å². The second-order valence-corrected chi connectivity index (χ2v) is 3.52. The summed E-state index contributed by atoms with van der Waals surface area (Å²) in [7, 11) is 0. The van der Waals surface area contributed by atoms with Crippen LogP contribution in [0, 0.1) is 0 Å². The predicted octanol–water partition coefficient (Wildman–Crippen LogP) is 2.30. The molecule has 0 fully saturated rings. The number of aliphatic imine (C=N–C) groups is 1. The van der Waals surface area contributed by atoms with Crippen LogP contribution in [0.4, 0.5) is 5.69 Å². The Hall–Kier alpha value is -2.40. The molecule has 0 unspecified atom stereocenters. The van der Waals surface area contributed by atoms with Crippen molar-refractivity contribution in [3.8, 4) is 5.88 Å². The second kappa shape index (κ2) is 6.36. The van der Waals surface area contributed by atoms with Crippen LogP contribution in [0.15, 0.2) is 53.7 Å². The molecule has 2 rings (SSSR count). The van der Waals surface area contributed by atoms with Crippen molar-refractivity contribution in [3.63, 3.8) is 0 Å². The van der Waals surface area contributed by atoms with Gasteiger partial charge in [0.25, 0.3) is 0 Å². The van der Waals surface area contributed by atoms with Gasteiger partial charge in [-0.3, -0.25) is 10.7 Å². The topological polar surface area (TPSA) is 66.7 Å². The van der Waals surface area contributed by atoms with E-state index in [9.17, 15) is 0 Å². The average molecular weight is 243 g/mol. The number of hydrogen-bond donors (Lipinski definition) is 2. The van der Waals surface area contributed by atoms with Crippen molar-refractivity contribution in [3.05, 3.63) is 54.2 Å². The van der Waals surface area contributed by atoms with Gasteiger partial charge in [-0.2, -0.15) is 0 Å². The highest BCUT2D eigenvalue weighted by atomic mass is 16.5. The fraction of sp³-hybridized carbons (Fsp3) is 0.0769. The average Bonchev–Trinajstić information content (AvgIpc) is 2.45. The molecule has 1 heterocycles. The summed E-state index contributed by atoms with van der Waals surface area (Å²) >= 11 is 0. The number of nitrogens with zero attached hydrogens (tertiary/aromatic N) is 2. The Labute approximate surface area is 105 Å². The summed E-state index contributed by atoms with van der Waals surface area (Å²) < 4.78 is 5.52. The minimum absolute atomic E-state index is 0.481. The quantitative estimate of drug-likeness (QED) is 0.480. The van der Waals surface area contributed by atoms with Crippen LogP contribution in [0.25, 0.3) is 0 Å². The van der Waals surface area contributed by atoms with E-state index in [1.807, 2.05) is 35.8 Å². The van der Waals surface area contributed by atoms with Gasteiger partial charge in [0, 0.05) is 6.07 Å². The van der Waals surface area contributed by atoms with Gasteiger partial charge in [-0.15, -0.1) is 0 Å². The molecule has 0 bridgehead atoms. The first-order valence-electron chi connectivity index (χ1n) is 5.43. The molecule has 5 heteroatoms. The Kier molecular flexibility index (Phi) is 4.27. The van der Waals surface area contributed by atoms with E-state index in [0.717, 1.165) is 5.56 Å². The lowest BCUT2D eigenvalue weighted by Crippen LogP contribution is -2.01. The Balaban J connectivity index is 1.92. The monoisotopic (exact) mass is 243 g/mol.